The van der Waals surface area contributed by atoms with Gasteiger partial charge in [0, 0.05) is 0 Å². The van der Waals surface area contributed by atoms with Crippen molar-refractivity contribution in [2.24, 2.45) is 0 Å². The van der Waals surface area contributed by atoms with Crippen LogP contribution in [0.3, 0.4) is 0 Å². The van der Waals surface area contributed by atoms with Crippen LogP contribution in [0.2, 0.25) is 0 Å². The molecule has 1 atom stereocenters. The van der Waals surface area contributed by atoms with Crippen molar-refractivity contribution in [3.63, 3.8) is 0 Å². The van der Waals surface area contributed by atoms with Crippen LogP contribution in [0.15, 0.2) is 48.5 Å². The summed E-state index contributed by atoms with van der Waals surface area (Å²) in [6, 6.07) is 10.7. The molecule has 0 saturated carbocycles. The lowest BCUT2D eigenvalue weighted by Crippen LogP contribution is -2.30. The van der Waals surface area contributed by atoms with Crippen molar-refractivity contribution in [2.75, 3.05) is 5.32 Å². The molecule has 0 fully saturated rings. The summed E-state index contributed by atoms with van der Waals surface area (Å²) < 4.78 is 49.5. The third-order valence-electron chi connectivity index (χ3n) is 3.61. The van der Waals surface area contributed by atoms with E-state index >= 15 is 0 Å². The molecule has 150 valence electrons. The molecule has 0 aliphatic rings. The van der Waals surface area contributed by atoms with Crippen LogP contribution >= 0.6 is 0 Å². The van der Waals surface area contributed by atoms with E-state index in [1.54, 1.807) is 12.1 Å². The van der Waals surface area contributed by atoms with Crippen LogP contribution in [0.5, 0.6) is 5.75 Å². The molecule has 2 rings (SSSR count). The van der Waals surface area contributed by atoms with Gasteiger partial charge < -0.3 is 14.8 Å². The van der Waals surface area contributed by atoms with Crippen LogP contribution in [-0.2, 0) is 15.7 Å². The zero-order valence-electron chi connectivity index (χ0n) is 15.5. The summed E-state index contributed by atoms with van der Waals surface area (Å²) in [5.74, 6) is -1.08. The second kappa shape index (κ2) is 8.77. The van der Waals surface area contributed by atoms with Gasteiger partial charge in [0.2, 0.25) is 0 Å². The predicted octanol–water partition coefficient (Wildman–Crippen LogP) is 4.68. The molecule has 0 spiro atoms. The highest BCUT2D eigenvalue weighted by atomic mass is 19.4. The van der Waals surface area contributed by atoms with Crippen LogP contribution in [0, 0.1) is 0 Å². The van der Waals surface area contributed by atoms with Gasteiger partial charge in [0.1, 0.15) is 5.75 Å². The van der Waals surface area contributed by atoms with E-state index in [4.69, 9.17) is 9.47 Å². The normalized spacial score (nSPS) is 12.4. The largest absolute Gasteiger partial charge is 0.491 e. The number of nitrogens with one attached hydrogen (secondary N) is 1. The minimum atomic E-state index is -4.62. The number of amides is 1. The van der Waals surface area contributed by atoms with Crippen molar-refractivity contribution in [2.45, 2.75) is 39.2 Å². The van der Waals surface area contributed by atoms with Crippen LogP contribution in [-0.4, -0.2) is 24.1 Å². The lowest BCUT2D eigenvalue weighted by Gasteiger charge is -2.17. The van der Waals surface area contributed by atoms with Crippen molar-refractivity contribution in [3.05, 3.63) is 59.7 Å². The summed E-state index contributed by atoms with van der Waals surface area (Å²) >= 11 is 0. The molecular formula is C20H20F3NO4. The van der Waals surface area contributed by atoms with E-state index in [0.717, 1.165) is 12.1 Å². The fourth-order valence-electron chi connectivity index (χ4n) is 2.30. The molecule has 5 nitrogen and oxygen atoms in total. The minimum absolute atomic E-state index is 0.0268. The Bertz CT molecular complexity index is 832. The van der Waals surface area contributed by atoms with Crippen molar-refractivity contribution in [1.29, 1.82) is 0 Å². The van der Waals surface area contributed by atoms with Crippen LogP contribution in [0.4, 0.5) is 18.9 Å². The van der Waals surface area contributed by atoms with Gasteiger partial charge in [-0.3, -0.25) is 4.79 Å². The van der Waals surface area contributed by atoms with Gasteiger partial charge in [-0.25, -0.2) is 4.79 Å². The molecule has 0 bridgehead atoms. The molecule has 0 aromatic heterocycles. The van der Waals surface area contributed by atoms with Gasteiger partial charge in [-0.2, -0.15) is 13.2 Å². The molecule has 0 aliphatic heterocycles. The summed E-state index contributed by atoms with van der Waals surface area (Å²) in [6.45, 7) is 5.00. The molecule has 2 aromatic rings. The van der Waals surface area contributed by atoms with E-state index in [2.05, 4.69) is 5.32 Å². The van der Waals surface area contributed by atoms with Crippen LogP contribution < -0.4 is 10.1 Å². The molecule has 0 aliphatic carbocycles. The number of carbonyl (C=O) groups is 2. The van der Waals surface area contributed by atoms with Crippen LogP contribution in [0.25, 0.3) is 0 Å². The number of alkyl halides is 3. The van der Waals surface area contributed by atoms with E-state index in [0.29, 0.717) is 5.75 Å². The molecule has 0 heterocycles. The van der Waals surface area contributed by atoms with E-state index in [-0.39, 0.29) is 11.7 Å². The molecule has 1 unspecified atom stereocenters. The van der Waals surface area contributed by atoms with Gasteiger partial charge in [-0.05, 0) is 57.2 Å². The van der Waals surface area contributed by atoms with Gasteiger partial charge in [-0.1, -0.05) is 12.1 Å². The highest BCUT2D eigenvalue weighted by Gasteiger charge is 2.34. The fraction of sp³-hybridized carbons (Fsp3) is 0.300. The Hall–Kier alpha value is -3.03. The number of halogens is 3. The Morgan fingerprint density at radius 3 is 2.14 bits per heavy atom. The van der Waals surface area contributed by atoms with Gasteiger partial charge >= 0.3 is 12.1 Å². The maximum Gasteiger partial charge on any atom is 0.418 e. The molecule has 1 N–H and O–H groups in total. The Morgan fingerprint density at radius 2 is 1.57 bits per heavy atom. The van der Waals surface area contributed by atoms with Gasteiger partial charge in [0.05, 0.1) is 22.9 Å². The first-order chi connectivity index (χ1) is 13.1. The van der Waals surface area contributed by atoms with E-state index in [9.17, 15) is 22.8 Å². The van der Waals surface area contributed by atoms with E-state index in [1.165, 1.54) is 31.2 Å². The highest BCUT2D eigenvalue weighted by Crippen LogP contribution is 2.34. The quantitative estimate of drug-likeness (QED) is 0.722. The molecular weight excluding hydrogens is 375 g/mol. The zero-order chi connectivity index (χ0) is 20.9. The Labute approximate surface area is 160 Å². The maximum absolute atomic E-state index is 13.0. The Morgan fingerprint density at radius 1 is 0.964 bits per heavy atom. The SMILES string of the molecule is CC(C)Oc1ccc(C(=O)OC(C)C(=O)Nc2ccccc2C(F)(F)F)cc1. The smallest absolute Gasteiger partial charge is 0.418 e. The second-order valence-electron chi connectivity index (χ2n) is 6.27. The molecule has 1 amide bonds. The number of anilines is 1. The standard InChI is InChI=1S/C20H20F3NO4/c1-12(2)27-15-10-8-14(9-11-15)19(26)28-13(3)18(25)24-17-7-5-4-6-16(17)20(21,22)23/h4-13H,1-3H3,(H,24,25). The first kappa shape index (κ1) is 21.3. The first-order valence-electron chi connectivity index (χ1n) is 8.52. The zero-order valence-corrected chi connectivity index (χ0v) is 15.5. The Balaban J connectivity index is 2.02. The average molecular weight is 395 g/mol. The maximum atomic E-state index is 13.0. The van der Waals surface area contributed by atoms with Crippen molar-refractivity contribution in [3.8, 4) is 5.75 Å². The lowest BCUT2D eigenvalue weighted by molar-refractivity contribution is -0.137. The number of carbonyl (C=O) groups excluding carboxylic acids is 2. The second-order valence-corrected chi connectivity index (χ2v) is 6.27. The van der Waals surface area contributed by atoms with Crippen molar-refractivity contribution in [1.82, 2.24) is 0 Å². The van der Waals surface area contributed by atoms with Crippen molar-refractivity contribution >= 4 is 17.6 Å². The summed E-state index contributed by atoms with van der Waals surface area (Å²) in [4.78, 5) is 24.3. The van der Waals surface area contributed by atoms with Crippen molar-refractivity contribution < 1.29 is 32.2 Å². The molecule has 8 heteroatoms. The highest BCUT2D eigenvalue weighted by molar-refractivity contribution is 5.97. The number of esters is 1. The van der Waals surface area contributed by atoms with Gasteiger partial charge in [0.25, 0.3) is 5.91 Å². The summed E-state index contributed by atoms with van der Waals surface area (Å²) in [7, 11) is 0. The number of benzene rings is 2. The third kappa shape index (κ3) is 5.73. The first-order valence-corrected chi connectivity index (χ1v) is 8.52. The fourth-order valence-corrected chi connectivity index (χ4v) is 2.30. The number of rotatable bonds is 6. The number of ether oxygens (including phenoxy) is 2. The molecule has 2 aromatic carbocycles. The topological polar surface area (TPSA) is 64.6 Å². The minimum Gasteiger partial charge on any atom is -0.491 e. The molecule has 28 heavy (non-hydrogen) atoms. The van der Waals surface area contributed by atoms with Gasteiger partial charge in [-0.15, -0.1) is 0 Å². The van der Waals surface area contributed by atoms with Crippen LogP contribution in [0.1, 0.15) is 36.7 Å². The third-order valence-corrected chi connectivity index (χ3v) is 3.61. The summed E-state index contributed by atoms with van der Waals surface area (Å²) in [5.41, 5.74) is -1.20. The number of para-hydroxylation sites is 1. The van der Waals surface area contributed by atoms with E-state index < -0.39 is 35.4 Å². The predicted molar refractivity (Wildman–Crippen MR) is 97.2 cm³/mol. The Kier molecular flexibility index (Phi) is 6.66. The van der Waals surface area contributed by atoms with E-state index in [1.807, 2.05) is 13.8 Å². The molecule has 0 radical (unpaired) electrons. The summed E-state index contributed by atoms with van der Waals surface area (Å²) in [5, 5.41) is 2.15. The lowest BCUT2D eigenvalue weighted by atomic mass is 10.1. The number of hydrogen-bond donors (Lipinski definition) is 1. The summed E-state index contributed by atoms with van der Waals surface area (Å²) in [6.07, 6.45) is -5.94. The monoisotopic (exact) mass is 395 g/mol. The average Bonchev–Trinajstić information content (AvgIpc) is 2.61. The van der Waals surface area contributed by atoms with Gasteiger partial charge in [0.15, 0.2) is 6.10 Å². The molecule has 0 saturated heterocycles. The number of hydrogen-bond acceptors (Lipinski definition) is 4.